The third-order valence-corrected chi connectivity index (χ3v) is 5.20. The van der Waals surface area contributed by atoms with Gasteiger partial charge in [0.25, 0.3) is 0 Å². The first-order valence-electron chi connectivity index (χ1n) is 8.99. The number of alkyl carbamates (subject to hydrolysis) is 1. The third kappa shape index (κ3) is 7.14. The van der Waals surface area contributed by atoms with E-state index in [4.69, 9.17) is 9.47 Å². The average Bonchev–Trinajstić information content (AvgIpc) is 2.58. The maximum absolute atomic E-state index is 12.4. The number of ether oxygens (including phenoxy) is 2. The van der Waals surface area contributed by atoms with Gasteiger partial charge in [0.15, 0.2) is 0 Å². The fourth-order valence-corrected chi connectivity index (χ4v) is 2.98. The van der Waals surface area contributed by atoms with Crippen LogP contribution >= 0.6 is 15.9 Å². The van der Waals surface area contributed by atoms with E-state index in [2.05, 4.69) is 26.6 Å². The molecule has 1 rings (SSSR count). The lowest BCUT2D eigenvalue weighted by atomic mass is 10.0. The smallest absolute Gasteiger partial charge is 0.408 e. The minimum Gasteiger partial charge on any atom is -0.467 e. The Balaban J connectivity index is 2.78. The zero-order valence-electron chi connectivity index (χ0n) is 17.5. The van der Waals surface area contributed by atoms with Crippen LogP contribution in [0.15, 0.2) is 10.5 Å². The fraction of sp³-hybridized carbons (Fsp3) is 0.550. The molecule has 156 valence electrons. The Hall–Kier alpha value is -2.09. The molecule has 0 heterocycles. The van der Waals surface area contributed by atoms with Crippen LogP contribution in [0.25, 0.3) is 0 Å². The van der Waals surface area contributed by atoms with Crippen LogP contribution in [0.5, 0.6) is 0 Å². The zero-order chi connectivity index (χ0) is 21.6. The quantitative estimate of drug-likeness (QED) is 0.626. The SMILES string of the molecule is COC(=O)[C@H](CCC(=O)Nc1c(C)cc(C)c(Br)c1C)NC(=O)OC(C)(C)C. The van der Waals surface area contributed by atoms with Gasteiger partial charge < -0.3 is 20.1 Å². The topological polar surface area (TPSA) is 93.7 Å². The maximum Gasteiger partial charge on any atom is 0.408 e. The van der Waals surface area contributed by atoms with Gasteiger partial charge in [-0.3, -0.25) is 4.79 Å². The molecule has 1 aromatic carbocycles. The Morgan fingerprint density at radius 3 is 2.29 bits per heavy atom. The largest absolute Gasteiger partial charge is 0.467 e. The summed E-state index contributed by atoms with van der Waals surface area (Å²) in [7, 11) is 1.22. The van der Waals surface area contributed by atoms with E-state index in [1.807, 2.05) is 26.8 Å². The number of amides is 2. The Kier molecular flexibility index (Phi) is 8.48. The van der Waals surface area contributed by atoms with Crippen LogP contribution in [-0.2, 0) is 19.1 Å². The number of nitrogens with one attached hydrogen (secondary N) is 2. The van der Waals surface area contributed by atoms with Crippen molar-refractivity contribution in [1.29, 1.82) is 0 Å². The van der Waals surface area contributed by atoms with Crippen molar-refractivity contribution in [3.63, 3.8) is 0 Å². The lowest BCUT2D eigenvalue weighted by Gasteiger charge is -2.22. The highest BCUT2D eigenvalue weighted by atomic mass is 79.9. The summed E-state index contributed by atoms with van der Waals surface area (Å²) in [6, 6.07) is 1.01. The molecule has 0 unspecified atom stereocenters. The number of carbonyl (C=O) groups is 3. The van der Waals surface area contributed by atoms with E-state index in [1.54, 1.807) is 20.8 Å². The van der Waals surface area contributed by atoms with Gasteiger partial charge in [-0.25, -0.2) is 9.59 Å². The van der Waals surface area contributed by atoms with Gasteiger partial charge in [0, 0.05) is 16.6 Å². The molecule has 1 aromatic rings. The van der Waals surface area contributed by atoms with Gasteiger partial charge in [0.05, 0.1) is 7.11 Å². The van der Waals surface area contributed by atoms with Crippen LogP contribution in [0.3, 0.4) is 0 Å². The highest BCUT2D eigenvalue weighted by Crippen LogP contribution is 2.30. The first-order chi connectivity index (χ1) is 12.9. The van der Waals surface area contributed by atoms with Crippen LogP contribution in [0.1, 0.15) is 50.3 Å². The fourth-order valence-electron chi connectivity index (χ4n) is 2.67. The number of carbonyl (C=O) groups excluding carboxylic acids is 3. The molecule has 7 nitrogen and oxygen atoms in total. The summed E-state index contributed by atoms with van der Waals surface area (Å²) in [5, 5.41) is 5.35. The Morgan fingerprint density at radius 1 is 1.14 bits per heavy atom. The average molecular weight is 457 g/mol. The number of methoxy groups -OCH3 is 1. The highest BCUT2D eigenvalue weighted by molar-refractivity contribution is 9.10. The number of hydrogen-bond donors (Lipinski definition) is 2. The summed E-state index contributed by atoms with van der Waals surface area (Å²) in [6.45, 7) is 11.0. The zero-order valence-corrected chi connectivity index (χ0v) is 19.1. The van der Waals surface area contributed by atoms with E-state index in [1.165, 1.54) is 7.11 Å². The molecule has 0 aliphatic carbocycles. The summed E-state index contributed by atoms with van der Waals surface area (Å²) in [6.07, 6.45) is -0.625. The summed E-state index contributed by atoms with van der Waals surface area (Å²) in [5.74, 6) is -0.897. The molecular weight excluding hydrogens is 428 g/mol. The predicted octanol–water partition coefficient (Wildman–Crippen LogP) is 4.16. The van der Waals surface area contributed by atoms with E-state index in [0.717, 1.165) is 26.9 Å². The summed E-state index contributed by atoms with van der Waals surface area (Å²) in [5.41, 5.74) is 3.00. The maximum atomic E-state index is 12.4. The molecule has 0 saturated carbocycles. The van der Waals surface area contributed by atoms with Crippen LogP contribution < -0.4 is 10.6 Å². The molecule has 28 heavy (non-hydrogen) atoms. The van der Waals surface area contributed by atoms with Crippen LogP contribution in [0, 0.1) is 20.8 Å². The van der Waals surface area contributed by atoms with E-state index in [0.29, 0.717) is 0 Å². The van der Waals surface area contributed by atoms with Crippen molar-refractivity contribution in [2.75, 3.05) is 12.4 Å². The molecule has 1 atom stereocenters. The third-order valence-electron chi connectivity index (χ3n) is 3.98. The van der Waals surface area contributed by atoms with Crippen molar-refractivity contribution >= 4 is 39.6 Å². The van der Waals surface area contributed by atoms with Crippen LogP contribution in [0.2, 0.25) is 0 Å². The van der Waals surface area contributed by atoms with Crippen LogP contribution in [0.4, 0.5) is 10.5 Å². The Labute approximate surface area is 174 Å². The van der Waals surface area contributed by atoms with Gasteiger partial charge in [0.2, 0.25) is 5.91 Å². The molecule has 0 aromatic heterocycles. The molecule has 0 radical (unpaired) electrons. The van der Waals surface area contributed by atoms with Crippen molar-refractivity contribution < 1.29 is 23.9 Å². The molecule has 0 fully saturated rings. The van der Waals surface area contributed by atoms with Gasteiger partial charge in [-0.2, -0.15) is 0 Å². The molecule has 0 saturated heterocycles. The number of anilines is 1. The summed E-state index contributed by atoms with van der Waals surface area (Å²) >= 11 is 3.52. The number of hydrogen-bond acceptors (Lipinski definition) is 5. The minimum absolute atomic E-state index is 0.0277. The molecule has 2 N–H and O–H groups in total. The van der Waals surface area contributed by atoms with Crippen molar-refractivity contribution in [1.82, 2.24) is 5.32 Å². The standard InChI is InChI=1S/C20H29BrN2O5/c1-11-10-12(2)17(13(3)16(11)21)23-15(24)9-8-14(18(25)27-7)22-19(26)28-20(4,5)6/h10,14H,8-9H2,1-7H3,(H,22,26)(H,23,24)/t14-/m0/s1. The van der Waals surface area contributed by atoms with E-state index in [9.17, 15) is 14.4 Å². The minimum atomic E-state index is -0.974. The number of aryl methyl sites for hydroxylation is 2. The van der Waals surface area contributed by atoms with E-state index in [-0.39, 0.29) is 18.7 Å². The first kappa shape index (κ1) is 23.9. The molecule has 2 amide bonds. The second kappa shape index (κ2) is 9.91. The molecule has 0 aliphatic heterocycles. The molecular formula is C20H29BrN2O5. The number of benzene rings is 1. The van der Waals surface area contributed by atoms with Crippen molar-refractivity contribution in [3.8, 4) is 0 Å². The second-order valence-corrected chi connectivity index (χ2v) is 8.43. The molecule has 0 spiro atoms. The van der Waals surface area contributed by atoms with Gasteiger partial charge >= 0.3 is 12.1 Å². The van der Waals surface area contributed by atoms with Gasteiger partial charge in [-0.1, -0.05) is 22.0 Å². The van der Waals surface area contributed by atoms with Gasteiger partial charge in [-0.15, -0.1) is 0 Å². The van der Waals surface area contributed by atoms with E-state index < -0.39 is 23.7 Å². The van der Waals surface area contributed by atoms with E-state index >= 15 is 0 Å². The molecule has 8 heteroatoms. The van der Waals surface area contributed by atoms with Crippen molar-refractivity contribution in [3.05, 3.63) is 27.2 Å². The molecule has 0 bridgehead atoms. The second-order valence-electron chi connectivity index (χ2n) is 7.63. The Bertz CT molecular complexity index is 756. The lowest BCUT2D eigenvalue weighted by molar-refractivity contribution is -0.143. The monoisotopic (exact) mass is 456 g/mol. The first-order valence-corrected chi connectivity index (χ1v) is 9.78. The number of rotatable bonds is 6. The number of esters is 1. The predicted molar refractivity (Wildman–Crippen MR) is 111 cm³/mol. The summed E-state index contributed by atoms with van der Waals surface area (Å²) in [4.78, 5) is 36.3. The Morgan fingerprint density at radius 2 is 1.75 bits per heavy atom. The lowest BCUT2D eigenvalue weighted by Crippen LogP contribution is -2.44. The highest BCUT2D eigenvalue weighted by Gasteiger charge is 2.25. The van der Waals surface area contributed by atoms with Crippen LogP contribution in [-0.4, -0.2) is 36.7 Å². The normalized spacial score (nSPS) is 12.1. The van der Waals surface area contributed by atoms with Crippen molar-refractivity contribution in [2.45, 2.75) is 66.0 Å². The van der Waals surface area contributed by atoms with Crippen molar-refractivity contribution in [2.24, 2.45) is 0 Å². The van der Waals surface area contributed by atoms with Gasteiger partial charge in [0.1, 0.15) is 11.6 Å². The summed E-state index contributed by atoms with van der Waals surface area (Å²) < 4.78 is 10.8. The molecule has 0 aliphatic rings. The van der Waals surface area contributed by atoms with Gasteiger partial charge in [-0.05, 0) is 64.7 Å². The number of halogens is 1.